The highest BCUT2D eigenvalue weighted by atomic mass is 16.5. The molecule has 156 valence electrons. The Labute approximate surface area is 180 Å². The molecule has 1 heterocycles. The predicted octanol–water partition coefficient (Wildman–Crippen LogP) is 4.23. The number of para-hydroxylation sites is 1. The van der Waals surface area contributed by atoms with Crippen molar-refractivity contribution in [3.63, 3.8) is 0 Å². The molecule has 0 atom stereocenters. The molecule has 0 aliphatic heterocycles. The molecule has 0 saturated carbocycles. The van der Waals surface area contributed by atoms with Crippen molar-refractivity contribution in [2.45, 2.75) is 13.3 Å². The number of nitrogens with zero attached hydrogens (tertiary/aromatic N) is 3. The number of aromatic nitrogens is 2. The summed E-state index contributed by atoms with van der Waals surface area (Å²) in [5.41, 5.74) is 2.33. The minimum absolute atomic E-state index is 0.214. The van der Waals surface area contributed by atoms with Gasteiger partial charge in [-0.15, -0.1) is 0 Å². The van der Waals surface area contributed by atoms with E-state index in [1.807, 2.05) is 31.2 Å². The van der Waals surface area contributed by atoms with Gasteiger partial charge in [-0.25, -0.2) is 0 Å². The van der Waals surface area contributed by atoms with E-state index in [1.165, 1.54) is 4.68 Å². The van der Waals surface area contributed by atoms with Crippen LogP contribution >= 0.6 is 0 Å². The van der Waals surface area contributed by atoms with Crippen molar-refractivity contribution >= 4 is 22.4 Å². The van der Waals surface area contributed by atoms with E-state index in [4.69, 9.17) is 4.74 Å². The molecule has 0 N–H and O–H groups in total. The lowest BCUT2D eigenvalue weighted by Crippen LogP contribution is -2.32. The molecule has 0 aliphatic carbocycles. The van der Waals surface area contributed by atoms with Crippen LogP contribution in [0.5, 0.6) is 5.75 Å². The van der Waals surface area contributed by atoms with E-state index in [0.717, 1.165) is 17.7 Å². The fraction of sp³-hybridized carbons (Fsp3) is 0.160. The molecule has 0 unspecified atom stereocenters. The average molecular weight is 413 g/mol. The van der Waals surface area contributed by atoms with Gasteiger partial charge >= 0.3 is 0 Å². The van der Waals surface area contributed by atoms with Crippen LogP contribution < -0.4 is 15.2 Å². The van der Waals surface area contributed by atoms with Gasteiger partial charge in [-0.2, -0.15) is 9.78 Å². The Morgan fingerprint density at radius 2 is 1.71 bits per heavy atom. The largest absolute Gasteiger partial charge is 0.497 e. The van der Waals surface area contributed by atoms with Gasteiger partial charge in [0.05, 0.1) is 18.2 Å². The van der Waals surface area contributed by atoms with Gasteiger partial charge < -0.3 is 9.64 Å². The van der Waals surface area contributed by atoms with Crippen molar-refractivity contribution in [3.05, 3.63) is 94.4 Å². The monoisotopic (exact) mass is 413 g/mol. The van der Waals surface area contributed by atoms with E-state index in [1.54, 1.807) is 67.6 Å². The molecule has 31 heavy (non-hydrogen) atoms. The van der Waals surface area contributed by atoms with Crippen molar-refractivity contribution in [1.29, 1.82) is 0 Å². The molecule has 0 radical (unpaired) electrons. The zero-order valence-corrected chi connectivity index (χ0v) is 17.7. The maximum absolute atomic E-state index is 13.6. The minimum Gasteiger partial charge on any atom is -0.497 e. The number of hydrogen-bond acceptors (Lipinski definition) is 4. The zero-order valence-electron chi connectivity index (χ0n) is 17.7. The van der Waals surface area contributed by atoms with Crippen molar-refractivity contribution in [3.8, 4) is 11.4 Å². The van der Waals surface area contributed by atoms with Gasteiger partial charge in [0.1, 0.15) is 5.75 Å². The summed E-state index contributed by atoms with van der Waals surface area (Å²) in [5, 5.41) is 5.46. The van der Waals surface area contributed by atoms with E-state index >= 15 is 0 Å². The van der Waals surface area contributed by atoms with Crippen molar-refractivity contribution in [1.82, 2.24) is 9.78 Å². The molecule has 0 bridgehead atoms. The second-order valence-corrected chi connectivity index (χ2v) is 7.16. The van der Waals surface area contributed by atoms with Gasteiger partial charge in [0.2, 0.25) is 0 Å². The number of hydrogen-bond donors (Lipinski definition) is 0. The van der Waals surface area contributed by atoms with Gasteiger partial charge in [0, 0.05) is 24.2 Å². The first-order valence-electron chi connectivity index (χ1n) is 10.1. The summed E-state index contributed by atoms with van der Waals surface area (Å²) in [6.45, 7) is 2.05. The summed E-state index contributed by atoms with van der Waals surface area (Å²) in [5.74, 6) is 0.315. The summed E-state index contributed by atoms with van der Waals surface area (Å²) in [6.07, 6.45) is 0.797. The van der Waals surface area contributed by atoms with E-state index < -0.39 is 0 Å². The fourth-order valence-electron chi connectivity index (χ4n) is 3.67. The SMILES string of the molecule is CCc1ccccc1N(C)C(=O)c1nn(-c2cccc(OC)c2)c(=O)c2ccccc12. The highest BCUT2D eigenvalue weighted by Crippen LogP contribution is 2.24. The van der Waals surface area contributed by atoms with Gasteiger partial charge in [-0.3, -0.25) is 9.59 Å². The van der Waals surface area contributed by atoms with Crippen LogP contribution in [0.1, 0.15) is 23.0 Å². The molecule has 0 saturated heterocycles. The normalized spacial score (nSPS) is 10.8. The number of fused-ring (bicyclic) bond motifs is 1. The number of aryl methyl sites for hydroxylation is 1. The van der Waals surface area contributed by atoms with Crippen LogP contribution in [-0.4, -0.2) is 29.8 Å². The van der Waals surface area contributed by atoms with Crippen molar-refractivity contribution in [2.24, 2.45) is 0 Å². The Morgan fingerprint density at radius 3 is 2.45 bits per heavy atom. The smallest absolute Gasteiger partial charge is 0.279 e. The van der Waals surface area contributed by atoms with Crippen molar-refractivity contribution in [2.75, 3.05) is 19.1 Å². The summed E-state index contributed by atoms with van der Waals surface area (Å²) < 4.78 is 6.55. The Balaban J connectivity index is 1.92. The molecule has 0 fully saturated rings. The lowest BCUT2D eigenvalue weighted by Gasteiger charge is -2.21. The molecule has 6 heteroatoms. The second-order valence-electron chi connectivity index (χ2n) is 7.16. The van der Waals surface area contributed by atoms with E-state index in [2.05, 4.69) is 5.10 Å². The third kappa shape index (κ3) is 3.68. The highest BCUT2D eigenvalue weighted by molar-refractivity contribution is 6.12. The molecule has 4 aromatic rings. The van der Waals surface area contributed by atoms with E-state index in [0.29, 0.717) is 22.2 Å². The van der Waals surface area contributed by atoms with Crippen molar-refractivity contribution < 1.29 is 9.53 Å². The average Bonchev–Trinajstić information content (AvgIpc) is 2.83. The first kappa shape index (κ1) is 20.3. The summed E-state index contributed by atoms with van der Waals surface area (Å²) in [4.78, 5) is 28.3. The topological polar surface area (TPSA) is 64.4 Å². The number of carbonyl (C=O) groups excluding carboxylic acids is 1. The van der Waals surface area contributed by atoms with Crippen LogP contribution in [0.4, 0.5) is 5.69 Å². The number of methoxy groups -OCH3 is 1. The van der Waals surface area contributed by atoms with Crippen LogP contribution in [0.3, 0.4) is 0 Å². The lowest BCUT2D eigenvalue weighted by atomic mass is 10.1. The van der Waals surface area contributed by atoms with Gasteiger partial charge in [-0.1, -0.05) is 49.4 Å². The number of carbonyl (C=O) groups is 1. The second kappa shape index (κ2) is 8.44. The first-order valence-corrected chi connectivity index (χ1v) is 10.1. The molecular formula is C25H23N3O3. The van der Waals surface area contributed by atoms with Gasteiger partial charge in [0.15, 0.2) is 5.69 Å². The Bertz CT molecular complexity index is 1330. The zero-order chi connectivity index (χ0) is 22.0. The maximum Gasteiger partial charge on any atom is 0.279 e. The summed E-state index contributed by atoms with van der Waals surface area (Å²) in [6, 6.07) is 21.9. The molecule has 4 rings (SSSR count). The molecule has 3 aromatic carbocycles. The fourth-order valence-corrected chi connectivity index (χ4v) is 3.67. The van der Waals surface area contributed by atoms with Crippen LogP contribution in [0.25, 0.3) is 16.5 Å². The maximum atomic E-state index is 13.6. The standard InChI is InChI=1S/C25H23N3O3/c1-4-17-10-5-8-15-22(17)27(2)25(30)23-20-13-6-7-14-21(20)24(29)28(26-23)18-11-9-12-19(16-18)31-3/h5-16H,4H2,1-3H3. The number of rotatable bonds is 5. The molecular weight excluding hydrogens is 390 g/mol. The predicted molar refractivity (Wildman–Crippen MR) is 122 cm³/mol. The van der Waals surface area contributed by atoms with Crippen LogP contribution in [0.2, 0.25) is 0 Å². The summed E-state index contributed by atoms with van der Waals surface area (Å²) >= 11 is 0. The third-order valence-corrected chi connectivity index (χ3v) is 5.34. The highest BCUT2D eigenvalue weighted by Gasteiger charge is 2.22. The first-order chi connectivity index (χ1) is 15.0. The number of amides is 1. The lowest BCUT2D eigenvalue weighted by molar-refractivity contribution is 0.0988. The minimum atomic E-state index is -0.294. The van der Waals surface area contributed by atoms with E-state index in [-0.39, 0.29) is 17.2 Å². The van der Waals surface area contributed by atoms with Crippen LogP contribution in [0, 0.1) is 0 Å². The molecule has 1 amide bonds. The molecule has 0 spiro atoms. The Kier molecular flexibility index (Phi) is 5.54. The van der Waals surface area contributed by atoms with Crippen LogP contribution in [0.15, 0.2) is 77.6 Å². The number of benzene rings is 3. The summed E-state index contributed by atoms with van der Waals surface area (Å²) in [7, 11) is 3.29. The molecule has 0 aliphatic rings. The Morgan fingerprint density at radius 1 is 1.00 bits per heavy atom. The third-order valence-electron chi connectivity index (χ3n) is 5.34. The van der Waals surface area contributed by atoms with Crippen LogP contribution in [-0.2, 0) is 6.42 Å². The molecule has 1 aromatic heterocycles. The quantitative estimate of drug-likeness (QED) is 0.491. The van der Waals surface area contributed by atoms with Gasteiger partial charge in [-0.05, 0) is 36.2 Å². The molecule has 6 nitrogen and oxygen atoms in total. The van der Waals surface area contributed by atoms with E-state index in [9.17, 15) is 9.59 Å². The van der Waals surface area contributed by atoms with Gasteiger partial charge in [0.25, 0.3) is 11.5 Å². The number of anilines is 1. The number of ether oxygens (including phenoxy) is 1. The Hall–Kier alpha value is -3.93.